The van der Waals surface area contributed by atoms with Crippen LogP contribution < -0.4 is 5.32 Å². The maximum absolute atomic E-state index is 5.18. The van der Waals surface area contributed by atoms with E-state index in [1.54, 1.807) is 7.11 Å². The maximum Gasteiger partial charge on any atom is 0.228 e. The Bertz CT molecular complexity index is 289. The molecular weight excluding hydrogens is 206 g/mol. The number of rotatable bonds is 8. The second kappa shape index (κ2) is 7.35. The second-order valence-electron chi connectivity index (χ2n) is 3.71. The Kier molecular flexibility index (Phi) is 6.03. The SMILES string of the molecule is CCNC(CC)Cc1nc(CCOC)no1. The third kappa shape index (κ3) is 4.28. The fraction of sp³-hybridized carbons (Fsp3) is 0.818. The standard InChI is InChI=1S/C11H21N3O2/c1-4-9(12-5-2)8-11-13-10(14-16-11)6-7-15-3/h9,12H,4-8H2,1-3H3. The highest BCUT2D eigenvalue weighted by molar-refractivity contribution is 4.89. The van der Waals surface area contributed by atoms with Crippen LogP contribution >= 0.6 is 0 Å². The number of hydrogen-bond acceptors (Lipinski definition) is 5. The van der Waals surface area contributed by atoms with Crippen LogP contribution in [0, 0.1) is 0 Å². The molecule has 0 bridgehead atoms. The fourth-order valence-corrected chi connectivity index (χ4v) is 1.53. The molecule has 0 saturated heterocycles. The Labute approximate surface area is 96.6 Å². The number of hydrogen-bond donors (Lipinski definition) is 1. The summed E-state index contributed by atoms with van der Waals surface area (Å²) < 4.78 is 10.1. The Hall–Kier alpha value is -0.940. The summed E-state index contributed by atoms with van der Waals surface area (Å²) in [6.45, 7) is 5.84. The molecule has 1 unspecified atom stereocenters. The zero-order valence-electron chi connectivity index (χ0n) is 10.3. The van der Waals surface area contributed by atoms with Gasteiger partial charge in [-0.25, -0.2) is 0 Å². The Balaban J connectivity index is 2.43. The average molecular weight is 227 g/mol. The van der Waals surface area contributed by atoms with E-state index in [4.69, 9.17) is 9.26 Å². The second-order valence-corrected chi connectivity index (χ2v) is 3.71. The van der Waals surface area contributed by atoms with Gasteiger partial charge in [0.15, 0.2) is 5.82 Å². The van der Waals surface area contributed by atoms with E-state index in [0.29, 0.717) is 25.0 Å². The largest absolute Gasteiger partial charge is 0.384 e. The van der Waals surface area contributed by atoms with E-state index in [-0.39, 0.29) is 0 Å². The van der Waals surface area contributed by atoms with Crippen molar-refractivity contribution in [1.82, 2.24) is 15.5 Å². The third-order valence-corrected chi connectivity index (χ3v) is 2.45. The maximum atomic E-state index is 5.18. The van der Waals surface area contributed by atoms with Gasteiger partial charge < -0.3 is 14.6 Å². The van der Waals surface area contributed by atoms with Crippen LogP contribution in [-0.4, -0.2) is 36.4 Å². The quantitative estimate of drug-likeness (QED) is 0.723. The molecule has 5 nitrogen and oxygen atoms in total. The van der Waals surface area contributed by atoms with E-state index in [2.05, 4.69) is 29.3 Å². The minimum absolute atomic E-state index is 0.417. The molecule has 1 N–H and O–H groups in total. The first-order valence-corrected chi connectivity index (χ1v) is 5.83. The van der Waals surface area contributed by atoms with Gasteiger partial charge in [0.2, 0.25) is 5.89 Å². The Morgan fingerprint density at radius 2 is 2.25 bits per heavy atom. The van der Waals surface area contributed by atoms with Crippen LogP contribution in [-0.2, 0) is 17.6 Å². The number of nitrogens with zero attached hydrogens (tertiary/aromatic N) is 2. The van der Waals surface area contributed by atoms with Gasteiger partial charge in [-0.05, 0) is 13.0 Å². The van der Waals surface area contributed by atoms with Gasteiger partial charge in [-0.2, -0.15) is 4.98 Å². The van der Waals surface area contributed by atoms with E-state index in [1.807, 2.05) is 0 Å². The first-order valence-electron chi connectivity index (χ1n) is 5.83. The van der Waals surface area contributed by atoms with Gasteiger partial charge in [0.25, 0.3) is 0 Å². The molecule has 0 aliphatic heterocycles. The summed E-state index contributed by atoms with van der Waals surface area (Å²) in [4.78, 5) is 4.32. The van der Waals surface area contributed by atoms with Crippen molar-refractivity contribution in [3.8, 4) is 0 Å². The zero-order chi connectivity index (χ0) is 11.8. The molecule has 0 fully saturated rings. The lowest BCUT2D eigenvalue weighted by molar-refractivity contribution is 0.199. The van der Waals surface area contributed by atoms with E-state index in [0.717, 1.165) is 25.2 Å². The zero-order valence-corrected chi connectivity index (χ0v) is 10.3. The monoisotopic (exact) mass is 227 g/mol. The highest BCUT2D eigenvalue weighted by atomic mass is 16.5. The molecule has 5 heteroatoms. The summed E-state index contributed by atoms with van der Waals surface area (Å²) in [5.41, 5.74) is 0. The van der Waals surface area contributed by atoms with Crippen LogP contribution in [0.5, 0.6) is 0 Å². The van der Waals surface area contributed by atoms with Gasteiger partial charge in [0, 0.05) is 26.0 Å². The highest BCUT2D eigenvalue weighted by Crippen LogP contribution is 2.04. The fourth-order valence-electron chi connectivity index (χ4n) is 1.53. The van der Waals surface area contributed by atoms with Crippen molar-refractivity contribution in [3.63, 3.8) is 0 Å². The van der Waals surface area contributed by atoms with Crippen molar-refractivity contribution in [3.05, 3.63) is 11.7 Å². The van der Waals surface area contributed by atoms with Crippen LogP contribution in [0.1, 0.15) is 32.0 Å². The molecule has 92 valence electrons. The van der Waals surface area contributed by atoms with Crippen LogP contribution in [0.3, 0.4) is 0 Å². The first kappa shape index (κ1) is 13.1. The Morgan fingerprint density at radius 3 is 2.88 bits per heavy atom. The number of nitrogens with one attached hydrogen (secondary N) is 1. The number of aromatic nitrogens is 2. The molecule has 1 aromatic rings. The molecule has 0 radical (unpaired) electrons. The molecule has 1 heterocycles. The molecular formula is C11H21N3O2. The Morgan fingerprint density at radius 1 is 1.44 bits per heavy atom. The van der Waals surface area contributed by atoms with Gasteiger partial charge >= 0.3 is 0 Å². The molecule has 0 saturated carbocycles. The lowest BCUT2D eigenvalue weighted by Gasteiger charge is -2.12. The summed E-state index contributed by atoms with van der Waals surface area (Å²) >= 11 is 0. The van der Waals surface area contributed by atoms with Crippen LogP contribution in [0.4, 0.5) is 0 Å². The van der Waals surface area contributed by atoms with Crippen LogP contribution in [0.25, 0.3) is 0 Å². The molecule has 0 aliphatic rings. The number of ether oxygens (including phenoxy) is 1. The molecule has 1 rings (SSSR count). The summed E-state index contributed by atoms with van der Waals surface area (Å²) in [5.74, 6) is 1.43. The van der Waals surface area contributed by atoms with Crippen molar-refractivity contribution >= 4 is 0 Å². The van der Waals surface area contributed by atoms with Crippen molar-refractivity contribution in [2.45, 2.75) is 39.2 Å². The smallest absolute Gasteiger partial charge is 0.228 e. The molecule has 0 aliphatic carbocycles. The highest BCUT2D eigenvalue weighted by Gasteiger charge is 2.11. The summed E-state index contributed by atoms with van der Waals surface area (Å²) in [5, 5.41) is 7.29. The summed E-state index contributed by atoms with van der Waals surface area (Å²) in [7, 11) is 1.67. The van der Waals surface area contributed by atoms with Crippen LogP contribution in [0.15, 0.2) is 4.52 Å². The predicted molar refractivity (Wildman–Crippen MR) is 61.3 cm³/mol. The summed E-state index contributed by atoms with van der Waals surface area (Å²) in [6.07, 6.45) is 2.56. The van der Waals surface area contributed by atoms with Gasteiger partial charge in [-0.15, -0.1) is 0 Å². The average Bonchev–Trinajstić information content (AvgIpc) is 2.73. The van der Waals surface area contributed by atoms with Gasteiger partial charge in [0.1, 0.15) is 0 Å². The molecule has 0 aromatic carbocycles. The van der Waals surface area contributed by atoms with Crippen LogP contribution in [0.2, 0.25) is 0 Å². The van der Waals surface area contributed by atoms with Gasteiger partial charge in [-0.1, -0.05) is 19.0 Å². The third-order valence-electron chi connectivity index (χ3n) is 2.45. The van der Waals surface area contributed by atoms with Gasteiger partial charge in [-0.3, -0.25) is 0 Å². The minimum Gasteiger partial charge on any atom is -0.384 e. The molecule has 1 atom stereocenters. The van der Waals surface area contributed by atoms with E-state index < -0.39 is 0 Å². The number of likely N-dealkylation sites (N-methyl/N-ethyl adjacent to an activating group) is 1. The predicted octanol–water partition coefficient (Wildman–Crippen LogP) is 1.19. The normalized spacial score (nSPS) is 12.9. The molecule has 0 amide bonds. The molecule has 1 aromatic heterocycles. The molecule has 16 heavy (non-hydrogen) atoms. The van der Waals surface area contributed by atoms with Crippen molar-refractivity contribution in [2.24, 2.45) is 0 Å². The lowest BCUT2D eigenvalue weighted by Crippen LogP contribution is -2.30. The number of methoxy groups -OCH3 is 1. The lowest BCUT2D eigenvalue weighted by atomic mass is 10.1. The summed E-state index contributed by atoms with van der Waals surface area (Å²) in [6, 6.07) is 0.417. The molecule has 0 spiro atoms. The van der Waals surface area contributed by atoms with Crippen molar-refractivity contribution < 1.29 is 9.26 Å². The van der Waals surface area contributed by atoms with Crippen molar-refractivity contribution in [2.75, 3.05) is 20.3 Å². The van der Waals surface area contributed by atoms with E-state index in [1.165, 1.54) is 0 Å². The van der Waals surface area contributed by atoms with Crippen molar-refractivity contribution in [1.29, 1.82) is 0 Å². The van der Waals surface area contributed by atoms with E-state index in [9.17, 15) is 0 Å². The minimum atomic E-state index is 0.417. The van der Waals surface area contributed by atoms with E-state index >= 15 is 0 Å². The topological polar surface area (TPSA) is 60.2 Å². The van der Waals surface area contributed by atoms with Gasteiger partial charge in [0.05, 0.1) is 6.61 Å². The first-order chi connectivity index (χ1) is 7.80.